The SMILES string of the molecule is O=C(O)Cc1ccc(CNC2COC2)s1. The highest BCUT2D eigenvalue weighted by atomic mass is 32.1. The van der Waals surface area contributed by atoms with E-state index in [2.05, 4.69) is 5.32 Å². The molecule has 0 aromatic carbocycles. The molecule has 4 nitrogen and oxygen atoms in total. The van der Waals surface area contributed by atoms with Crippen molar-refractivity contribution in [2.45, 2.75) is 19.0 Å². The molecule has 0 amide bonds. The van der Waals surface area contributed by atoms with Crippen LogP contribution < -0.4 is 5.32 Å². The highest BCUT2D eigenvalue weighted by molar-refractivity contribution is 7.12. The summed E-state index contributed by atoms with van der Waals surface area (Å²) in [7, 11) is 0. The standard InChI is InChI=1S/C10H13NO3S/c12-10(13)3-8-1-2-9(15-8)4-11-7-5-14-6-7/h1-2,7,11H,3-6H2,(H,12,13). The number of ether oxygens (including phenoxy) is 1. The lowest BCUT2D eigenvalue weighted by atomic mass is 10.2. The molecule has 0 spiro atoms. The lowest BCUT2D eigenvalue weighted by Crippen LogP contribution is -2.45. The summed E-state index contributed by atoms with van der Waals surface area (Å²) in [4.78, 5) is 12.6. The normalized spacial score (nSPS) is 16.3. The topological polar surface area (TPSA) is 58.6 Å². The number of aliphatic carboxylic acids is 1. The molecule has 82 valence electrons. The first-order valence-corrected chi connectivity index (χ1v) is 5.66. The minimum absolute atomic E-state index is 0.122. The number of hydrogen-bond donors (Lipinski definition) is 2. The van der Waals surface area contributed by atoms with E-state index in [1.54, 1.807) is 11.3 Å². The van der Waals surface area contributed by atoms with E-state index < -0.39 is 5.97 Å². The Balaban J connectivity index is 1.80. The predicted octanol–water partition coefficient (Wildman–Crippen LogP) is 0.864. The van der Waals surface area contributed by atoms with Gasteiger partial charge in [0, 0.05) is 16.3 Å². The van der Waals surface area contributed by atoms with Crippen molar-refractivity contribution in [1.29, 1.82) is 0 Å². The molecule has 0 unspecified atom stereocenters. The predicted molar refractivity (Wildman–Crippen MR) is 57.1 cm³/mol. The van der Waals surface area contributed by atoms with Crippen LogP contribution >= 0.6 is 11.3 Å². The fourth-order valence-electron chi connectivity index (χ4n) is 1.36. The third-order valence-electron chi connectivity index (χ3n) is 2.25. The number of rotatable bonds is 5. The average Bonchev–Trinajstić information content (AvgIpc) is 2.48. The molecule has 1 saturated heterocycles. The zero-order valence-electron chi connectivity index (χ0n) is 8.23. The fraction of sp³-hybridized carbons (Fsp3) is 0.500. The van der Waals surface area contributed by atoms with E-state index >= 15 is 0 Å². The molecule has 2 heterocycles. The Morgan fingerprint density at radius 3 is 2.87 bits per heavy atom. The van der Waals surface area contributed by atoms with Gasteiger partial charge in [0.15, 0.2) is 0 Å². The molecule has 5 heteroatoms. The minimum atomic E-state index is -0.774. The van der Waals surface area contributed by atoms with Gasteiger partial charge in [-0.2, -0.15) is 0 Å². The maximum atomic E-state index is 10.5. The van der Waals surface area contributed by atoms with Gasteiger partial charge in [-0.05, 0) is 12.1 Å². The summed E-state index contributed by atoms with van der Waals surface area (Å²) >= 11 is 1.55. The van der Waals surface area contributed by atoms with Crippen LogP contribution in [0.25, 0.3) is 0 Å². The molecule has 15 heavy (non-hydrogen) atoms. The Morgan fingerprint density at radius 2 is 2.27 bits per heavy atom. The molecule has 0 aliphatic carbocycles. The van der Waals surface area contributed by atoms with Gasteiger partial charge in [-0.15, -0.1) is 11.3 Å². The van der Waals surface area contributed by atoms with Crippen LogP contribution in [0, 0.1) is 0 Å². The Hall–Kier alpha value is -0.910. The first-order chi connectivity index (χ1) is 7.24. The van der Waals surface area contributed by atoms with Crippen LogP contribution in [0.4, 0.5) is 0 Å². The number of carboxylic acid groups (broad SMARTS) is 1. The Morgan fingerprint density at radius 1 is 1.53 bits per heavy atom. The molecule has 0 atom stereocenters. The number of nitrogens with one attached hydrogen (secondary N) is 1. The molecule has 0 radical (unpaired) electrons. The fourth-order valence-corrected chi connectivity index (χ4v) is 2.32. The zero-order chi connectivity index (χ0) is 10.7. The van der Waals surface area contributed by atoms with Gasteiger partial charge in [0.1, 0.15) is 0 Å². The molecular formula is C10H13NO3S. The summed E-state index contributed by atoms with van der Waals surface area (Å²) in [6, 6.07) is 4.33. The molecule has 2 N–H and O–H groups in total. The third-order valence-corrected chi connectivity index (χ3v) is 3.33. The first kappa shape index (κ1) is 10.6. The summed E-state index contributed by atoms with van der Waals surface area (Å²) in [5.74, 6) is -0.774. The highest BCUT2D eigenvalue weighted by Gasteiger charge is 2.17. The maximum absolute atomic E-state index is 10.5. The van der Waals surface area contributed by atoms with Crippen LogP contribution in [0.5, 0.6) is 0 Å². The van der Waals surface area contributed by atoms with Gasteiger partial charge in [-0.25, -0.2) is 0 Å². The molecule has 0 bridgehead atoms. The van der Waals surface area contributed by atoms with E-state index in [9.17, 15) is 4.79 Å². The van der Waals surface area contributed by atoms with Crippen LogP contribution in [0.3, 0.4) is 0 Å². The molecule has 2 rings (SSSR count). The average molecular weight is 227 g/mol. The van der Waals surface area contributed by atoms with Gasteiger partial charge in [0.2, 0.25) is 0 Å². The summed E-state index contributed by atoms with van der Waals surface area (Å²) in [6.07, 6.45) is 0.122. The Kier molecular flexibility index (Phi) is 3.35. The summed E-state index contributed by atoms with van der Waals surface area (Å²) in [6.45, 7) is 2.37. The molecule has 1 aromatic heterocycles. The molecule has 1 aliphatic heterocycles. The van der Waals surface area contributed by atoms with E-state index in [1.807, 2.05) is 12.1 Å². The van der Waals surface area contributed by atoms with Crippen molar-refractivity contribution in [2.24, 2.45) is 0 Å². The van der Waals surface area contributed by atoms with E-state index in [1.165, 1.54) is 4.88 Å². The highest BCUT2D eigenvalue weighted by Crippen LogP contribution is 2.17. The second-order valence-electron chi connectivity index (χ2n) is 3.55. The van der Waals surface area contributed by atoms with Crippen molar-refractivity contribution < 1.29 is 14.6 Å². The Labute approximate surface area is 91.9 Å². The quantitative estimate of drug-likeness (QED) is 0.783. The van der Waals surface area contributed by atoms with Crippen LogP contribution in [0.15, 0.2) is 12.1 Å². The first-order valence-electron chi connectivity index (χ1n) is 4.84. The number of carbonyl (C=O) groups is 1. The van der Waals surface area contributed by atoms with Crippen LogP contribution in [-0.2, 0) is 22.5 Å². The zero-order valence-corrected chi connectivity index (χ0v) is 9.05. The van der Waals surface area contributed by atoms with Crippen molar-refractivity contribution in [1.82, 2.24) is 5.32 Å². The summed E-state index contributed by atoms with van der Waals surface area (Å²) in [5, 5.41) is 12.0. The smallest absolute Gasteiger partial charge is 0.308 e. The van der Waals surface area contributed by atoms with Crippen molar-refractivity contribution >= 4 is 17.3 Å². The lowest BCUT2D eigenvalue weighted by Gasteiger charge is -2.26. The third kappa shape index (κ3) is 3.02. The molecule has 0 saturated carbocycles. The largest absolute Gasteiger partial charge is 0.481 e. The van der Waals surface area contributed by atoms with Gasteiger partial charge in [-0.1, -0.05) is 0 Å². The van der Waals surface area contributed by atoms with Crippen molar-refractivity contribution in [3.8, 4) is 0 Å². The number of hydrogen-bond acceptors (Lipinski definition) is 4. The molecule has 1 fully saturated rings. The second kappa shape index (κ2) is 4.74. The lowest BCUT2D eigenvalue weighted by molar-refractivity contribution is -0.136. The van der Waals surface area contributed by atoms with Crippen molar-refractivity contribution in [2.75, 3.05) is 13.2 Å². The van der Waals surface area contributed by atoms with E-state index in [0.29, 0.717) is 6.04 Å². The van der Waals surface area contributed by atoms with Crippen molar-refractivity contribution in [3.63, 3.8) is 0 Å². The number of carboxylic acids is 1. The van der Waals surface area contributed by atoms with Gasteiger partial charge in [0.05, 0.1) is 25.7 Å². The summed E-state index contributed by atoms with van der Waals surface area (Å²) < 4.78 is 5.04. The maximum Gasteiger partial charge on any atom is 0.308 e. The monoisotopic (exact) mass is 227 g/mol. The van der Waals surface area contributed by atoms with Crippen LogP contribution in [-0.4, -0.2) is 30.3 Å². The van der Waals surface area contributed by atoms with Crippen molar-refractivity contribution in [3.05, 3.63) is 21.9 Å². The van der Waals surface area contributed by atoms with Gasteiger partial charge in [0.25, 0.3) is 0 Å². The molecule has 1 aromatic rings. The van der Waals surface area contributed by atoms with E-state index in [-0.39, 0.29) is 6.42 Å². The van der Waals surface area contributed by atoms with Gasteiger partial charge < -0.3 is 15.2 Å². The molecular weight excluding hydrogens is 214 g/mol. The van der Waals surface area contributed by atoms with Crippen LogP contribution in [0.2, 0.25) is 0 Å². The second-order valence-corrected chi connectivity index (χ2v) is 4.81. The van der Waals surface area contributed by atoms with Crippen LogP contribution in [0.1, 0.15) is 9.75 Å². The van der Waals surface area contributed by atoms with E-state index in [4.69, 9.17) is 9.84 Å². The van der Waals surface area contributed by atoms with Gasteiger partial charge >= 0.3 is 5.97 Å². The summed E-state index contributed by atoms with van der Waals surface area (Å²) in [5.41, 5.74) is 0. The minimum Gasteiger partial charge on any atom is -0.481 e. The van der Waals surface area contributed by atoms with E-state index in [0.717, 1.165) is 24.6 Å². The Bertz CT molecular complexity index is 346. The van der Waals surface area contributed by atoms with Gasteiger partial charge in [-0.3, -0.25) is 4.79 Å². The molecule has 1 aliphatic rings. The number of thiophene rings is 1.